The van der Waals surface area contributed by atoms with Crippen molar-refractivity contribution in [3.05, 3.63) is 22.3 Å². The van der Waals surface area contributed by atoms with Crippen molar-refractivity contribution in [3.8, 4) is 0 Å². The van der Waals surface area contributed by atoms with Gasteiger partial charge in [-0.3, -0.25) is 10.1 Å². The summed E-state index contributed by atoms with van der Waals surface area (Å²) in [5.41, 5.74) is 0. The molecule has 0 atom stereocenters. The van der Waals surface area contributed by atoms with Crippen molar-refractivity contribution in [2.75, 3.05) is 0 Å². The van der Waals surface area contributed by atoms with E-state index in [0.29, 0.717) is 0 Å². The maximum absolute atomic E-state index is 10.5. The monoisotopic (exact) mass is 197 g/mol. The summed E-state index contributed by atoms with van der Waals surface area (Å²) < 4.78 is 0. The van der Waals surface area contributed by atoms with Crippen LogP contribution in [0.4, 0.5) is 0 Å². The third-order valence-corrected chi connectivity index (χ3v) is 3.09. The van der Waals surface area contributed by atoms with Gasteiger partial charge >= 0.3 is 0 Å². The van der Waals surface area contributed by atoms with E-state index in [1.807, 2.05) is 6.92 Å². The zero-order valence-corrected chi connectivity index (χ0v) is 8.82. The average molecular weight is 197 g/mol. The Balaban J connectivity index is 2.18. The Hall–Kier alpha value is -0.860. The molecule has 0 N–H and O–H groups in total. The van der Waals surface area contributed by atoms with Gasteiger partial charge in [0.05, 0.1) is 0 Å². The molecule has 1 rings (SSSR count). The van der Waals surface area contributed by atoms with Crippen molar-refractivity contribution in [3.63, 3.8) is 0 Å². The van der Waals surface area contributed by atoms with E-state index in [0.717, 1.165) is 38.0 Å². The number of allylic oxidation sites excluding steroid dienone is 2. The lowest BCUT2D eigenvalue weighted by molar-refractivity contribution is -0.527. The van der Waals surface area contributed by atoms with Gasteiger partial charge in [-0.25, -0.2) is 0 Å². The first kappa shape index (κ1) is 11.2. The Kier molecular flexibility index (Phi) is 4.63. The number of hydrogen-bond acceptors (Lipinski definition) is 2. The van der Waals surface area contributed by atoms with Gasteiger partial charge in [-0.1, -0.05) is 12.2 Å². The molecular formula is C11H19NO2. The van der Waals surface area contributed by atoms with Crippen LogP contribution in [0.25, 0.3) is 0 Å². The summed E-state index contributed by atoms with van der Waals surface area (Å²) in [5.74, 6) is 0.724. The van der Waals surface area contributed by atoms with Gasteiger partial charge in [0.15, 0.2) is 0 Å². The average Bonchev–Trinajstić information content (AvgIpc) is 2.19. The van der Waals surface area contributed by atoms with Crippen LogP contribution in [0.5, 0.6) is 0 Å². The van der Waals surface area contributed by atoms with Crippen LogP contribution >= 0.6 is 0 Å². The molecule has 0 heterocycles. The molecule has 1 saturated carbocycles. The molecule has 3 heteroatoms. The summed E-state index contributed by atoms with van der Waals surface area (Å²) in [6.45, 7) is 2.03. The third-order valence-electron chi connectivity index (χ3n) is 3.09. The third kappa shape index (κ3) is 3.48. The molecule has 0 aromatic carbocycles. The molecule has 0 aliphatic heterocycles. The minimum atomic E-state index is -0.257. The van der Waals surface area contributed by atoms with Gasteiger partial charge in [0, 0.05) is 17.8 Å². The van der Waals surface area contributed by atoms with Crippen LogP contribution in [0.1, 0.15) is 45.4 Å². The Bertz CT molecular complexity index is 205. The van der Waals surface area contributed by atoms with Crippen LogP contribution in [-0.2, 0) is 0 Å². The minimum Gasteiger partial charge on any atom is -0.264 e. The Labute approximate surface area is 85.3 Å². The zero-order valence-electron chi connectivity index (χ0n) is 8.82. The van der Waals surface area contributed by atoms with Gasteiger partial charge in [-0.05, 0) is 38.5 Å². The summed E-state index contributed by atoms with van der Waals surface area (Å²) in [6, 6.07) is -0.257. The lowest BCUT2D eigenvalue weighted by Crippen LogP contribution is -2.25. The van der Waals surface area contributed by atoms with Crippen molar-refractivity contribution < 1.29 is 4.92 Å². The molecule has 1 aliphatic rings. The number of rotatable bonds is 4. The van der Waals surface area contributed by atoms with Crippen LogP contribution in [0, 0.1) is 16.0 Å². The van der Waals surface area contributed by atoms with Gasteiger partial charge in [0.25, 0.3) is 0 Å². The minimum absolute atomic E-state index is 0.109. The first-order valence-electron chi connectivity index (χ1n) is 5.48. The molecule has 3 nitrogen and oxygen atoms in total. The van der Waals surface area contributed by atoms with Gasteiger partial charge < -0.3 is 0 Å². The zero-order chi connectivity index (χ0) is 10.4. The molecule has 1 fully saturated rings. The highest BCUT2D eigenvalue weighted by Crippen LogP contribution is 2.28. The van der Waals surface area contributed by atoms with Gasteiger partial charge in [0.2, 0.25) is 6.04 Å². The predicted octanol–water partition coefficient (Wildman–Crippen LogP) is 3.18. The maximum atomic E-state index is 10.5. The van der Waals surface area contributed by atoms with Crippen LogP contribution in [0.3, 0.4) is 0 Å². The molecule has 0 aromatic rings. The van der Waals surface area contributed by atoms with Crippen molar-refractivity contribution in [1.82, 2.24) is 0 Å². The molecule has 0 radical (unpaired) electrons. The fourth-order valence-electron chi connectivity index (χ4n) is 2.14. The van der Waals surface area contributed by atoms with E-state index in [4.69, 9.17) is 0 Å². The van der Waals surface area contributed by atoms with E-state index >= 15 is 0 Å². The number of hydrogen-bond donors (Lipinski definition) is 0. The molecule has 1 aliphatic carbocycles. The second-order valence-corrected chi connectivity index (χ2v) is 4.11. The Morgan fingerprint density at radius 3 is 2.50 bits per heavy atom. The van der Waals surface area contributed by atoms with Gasteiger partial charge in [-0.15, -0.1) is 0 Å². The topological polar surface area (TPSA) is 43.1 Å². The first-order chi connectivity index (χ1) is 6.74. The Morgan fingerprint density at radius 1 is 1.36 bits per heavy atom. The molecule has 0 spiro atoms. The maximum Gasteiger partial charge on any atom is 0.213 e. The largest absolute Gasteiger partial charge is 0.264 e. The first-order valence-corrected chi connectivity index (χ1v) is 5.48. The molecule has 14 heavy (non-hydrogen) atoms. The fraction of sp³-hybridized carbons (Fsp3) is 0.818. The molecule has 0 aromatic heterocycles. The molecule has 0 unspecified atom stereocenters. The highest BCUT2D eigenvalue weighted by molar-refractivity contribution is 4.80. The summed E-state index contributed by atoms with van der Waals surface area (Å²) in [7, 11) is 0. The van der Waals surface area contributed by atoms with Crippen LogP contribution < -0.4 is 0 Å². The molecular weight excluding hydrogens is 178 g/mol. The van der Waals surface area contributed by atoms with E-state index < -0.39 is 0 Å². The molecule has 0 bridgehead atoms. The van der Waals surface area contributed by atoms with Crippen molar-refractivity contribution in [2.24, 2.45) is 5.92 Å². The van der Waals surface area contributed by atoms with Crippen molar-refractivity contribution in [2.45, 2.75) is 51.5 Å². The smallest absolute Gasteiger partial charge is 0.213 e. The van der Waals surface area contributed by atoms with Crippen molar-refractivity contribution in [1.29, 1.82) is 0 Å². The Morgan fingerprint density at radius 2 is 2.00 bits per heavy atom. The highest BCUT2D eigenvalue weighted by atomic mass is 16.6. The predicted molar refractivity (Wildman–Crippen MR) is 56.8 cm³/mol. The van der Waals surface area contributed by atoms with Gasteiger partial charge in [-0.2, -0.15) is 0 Å². The molecule has 0 amide bonds. The number of nitrogens with zero attached hydrogens (tertiary/aromatic N) is 1. The summed E-state index contributed by atoms with van der Waals surface area (Å²) in [6.07, 6.45) is 10.2. The van der Waals surface area contributed by atoms with E-state index in [1.165, 1.54) is 6.42 Å². The highest BCUT2D eigenvalue weighted by Gasteiger charge is 2.27. The van der Waals surface area contributed by atoms with E-state index in [2.05, 4.69) is 12.2 Å². The van der Waals surface area contributed by atoms with E-state index in [1.54, 1.807) is 0 Å². The summed E-state index contributed by atoms with van der Waals surface area (Å²) >= 11 is 0. The van der Waals surface area contributed by atoms with E-state index in [-0.39, 0.29) is 11.0 Å². The van der Waals surface area contributed by atoms with Crippen molar-refractivity contribution >= 4 is 0 Å². The van der Waals surface area contributed by atoms with E-state index in [9.17, 15) is 10.1 Å². The van der Waals surface area contributed by atoms with Gasteiger partial charge in [0.1, 0.15) is 0 Å². The van der Waals surface area contributed by atoms with Crippen LogP contribution in [0.15, 0.2) is 12.2 Å². The fourth-order valence-corrected chi connectivity index (χ4v) is 2.14. The second kappa shape index (κ2) is 5.78. The second-order valence-electron chi connectivity index (χ2n) is 4.11. The standard InChI is InChI=1S/C11H19NO2/c1-2-3-4-5-10-6-8-11(9-7-10)12(13)14/h2-3,10-11H,4-9H2,1H3/b3-2+. The molecule has 80 valence electrons. The lowest BCUT2D eigenvalue weighted by Gasteiger charge is -2.23. The SMILES string of the molecule is C/C=C/CCC1CCC([N+](=O)[O-])CC1. The summed E-state index contributed by atoms with van der Waals surface area (Å²) in [5, 5.41) is 10.5. The quantitative estimate of drug-likeness (QED) is 0.394. The molecule has 0 saturated heterocycles. The van der Waals surface area contributed by atoms with Crippen LogP contribution in [0.2, 0.25) is 0 Å². The normalized spacial score (nSPS) is 28.1. The summed E-state index contributed by atoms with van der Waals surface area (Å²) in [4.78, 5) is 10.4. The van der Waals surface area contributed by atoms with Crippen LogP contribution in [-0.4, -0.2) is 11.0 Å². The number of nitro groups is 1. The lowest BCUT2D eigenvalue weighted by atomic mass is 9.83.